The third-order valence-corrected chi connectivity index (χ3v) is 4.16. The molecule has 0 radical (unpaired) electrons. The lowest BCUT2D eigenvalue weighted by Gasteiger charge is -2.13. The van der Waals surface area contributed by atoms with Gasteiger partial charge in [-0.2, -0.15) is 0 Å². The lowest BCUT2D eigenvalue weighted by molar-refractivity contribution is -0.384. The molecule has 0 aliphatic heterocycles. The number of nitro groups is 1. The van der Waals surface area contributed by atoms with Gasteiger partial charge < -0.3 is 0 Å². The first-order chi connectivity index (χ1) is 9.47. The Morgan fingerprint density at radius 1 is 1.25 bits per heavy atom. The lowest BCUT2D eigenvalue weighted by Crippen LogP contribution is -1.98. The van der Waals surface area contributed by atoms with Gasteiger partial charge in [0.1, 0.15) is 0 Å². The van der Waals surface area contributed by atoms with Crippen LogP contribution in [0.25, 0.3) is 0 Å². The van der Waals surface area contributed by atoms with Crippen LogP contribution in [0.1, 0.15) is 22.1 Å². The lowest BCUT2D eigenvalue weighted by atomic mass is 10.0. The van der Waals surface area contributed by atoms with E-state index in [1.165, 1.54) is 12.1 Å². The fourth-order valence-corrected chi connectivity index (χ4v) is 2.99. The maximum Gasteiger partial charge on any atom is 0.269 e. The molecule has 2 aromatic carbocycles. The summed E-state index contributed by atoms with van der Waals surface area (Å²) in [5, 5.41) is 10.4. The highest BCUT2D eigenvalue weighted by Gasteiger charge is 2.13. The molecule has 0 saturated heterocycles. The van der Waals surface area contributed by atoms with E-state index >= 15 is 0 Å². The standard InChI is InChI=1S/C15H13BrClNO2/c1-10-2-7-14(16)13(8-10)15(17)9-11-3-5-12(6-4-11)18(19)20/h2-8,15H,9H2,1H3. The molecule has 0 fully saturated rings. The number of alkyl halides is 1. The van der Waals surface area contributed by atoms with Crippen LogP contribution in [-0.2, 0) is 6.42 Å². The molecule has 0 aliphatic rings. The summed E-state index contributed by atoms with van der Waals surface area (Å²) in [7, 11) is 0. The molecule has 2 rings (SSSR count). The van der Waals surface area contributed by atoms with Gasteiger partial charge in [0.05, 0.1) is 10.3 Å². The minimum atomic E-state index is -0.404. The van der Waals surface area contributed by atoms with Gasteiger partial charge in [0, 0.05) is 16.6 Å². The Morgan fingerprint density at radius 2 is 1.90 bits per heavy atom. The van der Waals surface area contributed by atoms with E-state index in [9.17, 15) is 10.1 Å². The molecule has 0 saturated carbocycles. The number of nitrogens with zero attached hydrogens (tertiary/aromatic N) is 1. The molecular weight excluding hydrogens is 342 g/mol. The number of halogens is 2. The van der Waals surface area contributed by atoms with Crippen LogP contribution in [0, 0.1) is 17.0 Å². The molecule has 104 valence electrons. The number of hydrogen-bond acceptors (Lipinski definition) is 2. The van der Waals surface area contributed by atoms with Crippen LogP contribution in [0.5, 0.6) is 0 Å². The maximum atomic E-state index is 10.6. The zero-order chi connectivity index (χ0) is 14.7. The molecule has 2 aromatic rings. The molecule has 0 aliphatic carbocycles. The van der Waals surface area contributed by atoms with Crippen molar-refractivity contribution in [3.8, 4) is 0 Å². The number of nitro benzene ring substituents is 1. The van der Waals surface area contributed by atoms with Crippen LogP contribution in [0.2, 0.25) is 0 Å². The summed E-state index contributed by atoms with van der Waals surface area (Å²) in [4.78, 5) is 10.2. The zero-order valence-electron chi connectivity index (χ0n) is 10.8. The van der Waals surface area contributed by atoms with Gasteiger partial charge in [-0.25, -0.2) is 0 Å². The Balaban J connectivity index is 2.16. The second kappa shape index (κ2) is 6.37. The van der Waals surface area contributed by atoms with Gasteiger partial charge in [-0.05, 0) is 30.5 Å². The van der Waals surface area contributed by atoms with Crippen molar-refractivity contribution >= 4 is 33.2 Å². The normalized spacial score (nSPS) is 12.2. The van der Waals surface area contributed by atoms with Gasteiger partial charge >= 0.3 is 0 Å². The third-order valence-electron chi connectivity index (χ3n) is 3.05. The Labute approximate surface area is 130 Å². The van der Waals surface area contributed by atoms with E-state index in [0.29, 0.717) is 6.42 Å². The van der Waals surface area contributed by atoms with Gasteiger partial charge in [-0.1, -0.05) is 45.8 Å². The van der Waals surface area contributed by atoms with Crippen molar-refractivity contribution < 1.29 is 4.92 Å². The fraction of sp³-hybridized carbons (Fsp3) is 0.200. The van der Waals surface area contributed by atoms with Crippen LogP contribution in [-0.4, -0.2) is 4.92 Å². The van der Waals surface area contributed by atoms with E-state index in [4.69, 9.17) is 11.6 Å². The number of benzene rings is 2. The molecule has 3 nitrogen and oxygen atoms in total. The molecule has 0 spiro atoms. The Bertz CT molecular complexity index is 628. The molecule has 0 aromatic heterocycles. The maximum absolute atomic E-state index is 10.6. The van der Waals surface area contributed by atoms with Crippen molar-refractivity contribution in [3.63, 3.8) is 0 Å². The summed E-state index contributed by atoms with van der Waals surface area (Å²) in [5.41, 5.74) is 3.25. The highest BCUT2D eigenvalue weighted by molar-refractivity contribution is 9.10. The van der Waals surface area contributed by atoms with Crippen molar-refractivity contribution in [2.75, 3.05) is 0 Å². The molecule has 1 atom stereocenters. The molecule has 1 unspecified atom stereocenters. The summed E-state index contributed by atoms with van der Waals surface area (Å²) in [6.45, 7) is 2.02. The average Bonchev–Trinajstić information content (AvgIpc) is 2.42. The van der Waals surface area contributed by atoms with Gasteiger partial charge in [0.15, 0.2) is 0 Å². The number of rotatable bonds is 4. The summed E-state index contributed by atoms with van der Waals surface area (Å²) in [5.74, 6) is 0. The Hall–Kier alpha value is -1.39. The summed E-state index contributed by atoms with van der Waals surface area (Å²) < 4.78 is 0.977. The van der Waals surface area contributed by atoms with Crippen molar-refractivity contribution in [2.24, 2.45) is 0 Å². The topological polar surface area (TPSA) is 43.1 Å². The summed E-state index contributed by atoms with van der Waals surface area (Å²) in [6, 6.07) is 12.6. The molecule has 5 heteroatoms. The second-order valence-electron chi connectivity index (χ2n) is 4.62. The minimum absolute atomic E-state index is 0.0941. The van der Waals surface area contributed by atoms with E-state index < -0.39 is 4.92 Å². The predicted molar refractivity (Wildman–Crippen MR) is 84.3 cm³/mol. The van der Waals surface area contributed by atoms with Crippen molar-refractivity contribution in [3.05, 3.63) is 73.7 Å². The minimum Gasteiger partial charge on any atom is -0.258 e. The van der Waals surface area contributed by atoms with E-state index in [2.05, 4.69) is 15.9 Å². The van der Waals surface area contributed by atoms with Gasteiger partial charge in [-0.3, -0.25) is 10.1 Å². The largest absolute Gasteiger partial charge is 0.269 e. The van der Waals surface area contributed by atoms with Crippen molar-refractivity contribution in [1.29, 1.82) is 0 Å². The molecule has 0 N–H and O–H groups in total. The number of hydrogen-bond donors (Lipinski definition) is 0. The smallest absolute Gasteiger partial charge is 0.258 e. The fourth-order valence-electron chi connectivity index (χ4n) is 1.97. The second-order valence-corrected chi connectivity index (χ2v) is 6.00. The first kappa shape index (κ1) is 15.0. The van der Waals surface area contributed by atoms with Crippen LogP contribution in [0.4, 0.5) is 5.69 Å². The van der Waals surface area contributed by atoms with Crippen LogP contribution in [0.15, 0.2) is 46.9 Å². The average molecular weight is 355 g/mol. The predicted octanol–water partition coefficient (Wildman–Crippen LogP) is 5.19. The quantitative estimate of drug-likeness (QED) is 0.431. The summed E-state index contributed by atoms with van der Waals surface area (Å²) in [6.07, 6.45) is 0.627. The number of aryl methyl sites for hydroxylation is 1. The Morgan fingerprint density at radius 3 is 2.50 bits per heavy atom. The molecular formula is C15H13BrClNO2. The van der Waals surface area contributed by atoms with E-state index in [1.54, 1.807) is 12.1 Å². The van der Waals surface area contributed by atoms with E-state index in [1.807, 2.05) is 25.1 Å². The summed E-state index contributed by atoms with van der Waals surface area (Å²) >= 11 is 9.96. The monoisotopic (exact) mass is 353 g/mol. The zero-order valence-corrected chi connectivity index (χ0v) is 13.2. The number of non-ortho nitro benzene ring substituents is 1. The molecule has 0 heterocycles. The van der Waals surface area contributed by atoms with Crippen LogP contribution >= 0.6 is 27.5 Å². The molecule has 0 amide bonds. The van der Waals surface area contributed by atoms with Gasteiger partial charge in [0.25, 0.3) is 5.69 Å². The van der Waals surface area contributed by atoms with Crippen LogP contribution in [0.3, 0.4) is 0 Å². The highest BCUT2D eigenvalue weighted by Crippen LogP contribution is 2.32. The van der Waals surface area contributed by atoms with Crippen LogP contribution < -0.4 is 0 Å². The van der Waals surface area contributed by atoms with E-state index in [-0.39, 0.29) is 11.1 Å². The van der Waals surface area contributed by atoms with Crippen molar-refractivity contribution in [2.45, 2.75) is 18.7 Å². The Kier molecular flexibility index (Phi) is 4.78. The first-order valence-electron chi connectivity index (χ1n) is 6.11. The molecule has 20 heavy (non-hydrogen) atoms. The van der Waals surface area contributed by atoms with Gasteiger partial charge in [0.2, 0.25) is 0 Å². The highest BCUT2D eigenvalue weighted by atomic mass is 79.9. The SMILES string of the molecule is Cc1ccc(Br)c(C(Cl)Cc2ccc([N+](=O)[O-])cc2)c1. The third kappa shape index (κ3) is 3.58. The van der Waals surface area contributed by atoms with E-state index in [0.717, 1.165) is 21.2 Å². The van der Waals surface area contributed by atoms with Crippen molar-refractivity contribution in [1.82, 2.24) is 0 Å². The van der Waals surface area contributed by atoms with Gasteiger partial charge in [-0.15, -0.1) is 11.6 Å². The first-order valence-corrected chi connectivity index (χ1v) is 7.34. The molecule has 0 bridgehead atoms.